The molecule has 2 atom stereocenters. The van der Waals surface area contributed by atoms with Gasteiger partial charge in [-0.15, -0.1) is 11.3 Å². The van der Waals surface area contributed by atoms with Crippen LogP contribution in [0.1, 0.15) is 35.0 Å². The molecule has 0 aromatic carbocycles. The number of carboxylic acids is 1. The molecule has 118 valence electrons. The number of nitrogens with zero attached hydrogens (tertiary/aromatic N) is 2. The largest absolute Gasteiger partial charge is 0.481 e. The van der Waals surface area contributed by atoms with E-state index in [2.05, 4.69) is 4.98 Å². The molecule has 21 heavy (non-hydrogen) atoms. The van der Waals surface area contributed by atoms with Crippen LogP contribution >= 0.6 is 11.3 Å². The minimum Gasteiger partial charge on any atom is -0.481 e. The number of aryl methyl sites for hydroxylation is 2. The van der Waals surface area contributed by atoms with Crippen LogP contribution in [-0.4, -0.2) is 40.2 Å². The highest BCUT2D eigenvalue weighted by Crippen LogP contribution is 2.47. The van der Waals surface area contributed by atoms with Crippen LogP contribution in [0.5, 0.6) is 0 Å². The van der Waals surface area contributed by atoms with Crippen LogP contribution in [0.25, 0.3) is 0 Å². The summed E-state index contributed by atoms with van der Waals surface area (Å²) in [6, 6.07) is -0.321. The van der Waals surface area contributed by atoms with Crippen LogP contribution in [0, 0.1) is 19.3 Å². The van der Waals surface area contributed by atoms with Gasteiger partial charge in [0.25, 0.3) is 0 Å². The van der Waals surface area contributed by atoms with E-state index >= 15 is 0 Å². The quantitative estimate of drug-likeness (QED) is 0.929. The van der Waals surface area contributed by atoms with E-state index in [9.17, 15) is 18.0 Å². The normalized spacial score (nSPS) is 25.2. The summed E-state index contributed by atoms with van der Waals surface area (Å²) in [5, 5.41) is 9.92. The molecule has 0 bridgehead atoms. The van der Waals surface area contributed by atoms with Gasteiger partial charge in [-0.1, -0.05) is 0 Å². The molecule has 8 heteroatoms. The van der Waals surface area contributed by atoms with Gasteiger partial charge in [0.05, 0.1) is 16.7 Å². The molecule has 0 saturated carbocycles. The Kier molecular flexibility index (Phi) is 4.05. The van der Waals surface area contributed by atoms with Gasteiger partial charge in [-0.2, -0.15) is 13.2 Å². The van der Waals surface area contributed by atoms with Crippen molar-refractivity contribution >= 4 is 17.3 Å². The van der Waals surface area contributed by atoms with Crippen LogP contribution < -0.4 is 0 Å². The first-order valence-corrected chi connectivity index (χ1v) is 7.38. The summed E-state index contributed by atoms with van der Waals surface area (Å²) in [6.45, 7) is 5.07. The van der Waals surface area contributed by atoms with Crippen molar-refractivity contribution in [3.8, 4) is 0 Å². The summed E-state index contributed by atoms with van der Waals surface area (Å²) in [7, 11) is 0. The van der Waals surface area contributed by atoms with Crippen molar-refractivity contribution in [1.82, 2.24) is 9.88 Å². The third-order valence-corrected chi connectivity index (χ3v) is 5.04. The predicted molar refractivity (Wildman–Crippen MR) is 72.3 cm³/mol. The molecule has 2 rings (SSSR count). The molecule has 0 amide bonds. The maximum atomic E-state index is 13.2. The zero-order chi connectivity index (χ0) is 16.0. The highest BCUT2D eigenvalue weighted by molar-refractivity contribution is 7.11. The number of aromatic nitrogens is 1. The molecule has 1 aromatic heterocycles. The third kappa shape index (κ3) is 2.66. The summed E-state index contributed by atoms with van der Waals surface area (Å²) in [5.41, 5.74) is -1.93. The number of aliphatic carboxylic acids is 1. The number of halogens is 3. The predicted octanol–water partition coefficient (Wildman–Crippen LogP) is 3.16. The highest BCUT2D eigenvalue weighted by Gasteiger charge is 2.64. The lowest BCUT2D eigenvalue weighted by molar-refractivity contribution is -0.227. The Balaban J connectivity index is 2.25. The Hall–Kier alpha value is -1.15. The Bertz CT molecular complexity index is 558. The van der Waals surface area contributed by atoms with Gasteiger partial charge in [0.2, 0.25) is 0 Å². The molecule has 4 nitrogen and oxygen atoms in total. The molecular weight excluding hydrogens is 305 g/mol. The van der Waals surface area contributed by atoms with E-state index in [-0.39, 0.29) is 12.6 Å². The second-order valence-corrected chi connectivity index (χ2v) is 6.86. The number of alkyl halides is 3. The fourth-order valence-corrected chi connectivity index (χ4v) is 3.71. The molecule has 1 fully saturated rings. The van der Waals surface area contributed by atoms with Gasteiger partial charge < -0.3 is 5.11 Å². The van der Waals surface area contributed by atoms with Gasteiger partial charge in [0.15, 0.2) is 5.41 Å². The SMILES string of the molecule is Cc1nc(C(C)N2CCC(C(=O)O)(C(F)(F)F)C2)c(C)s1. The number of thiazole rings is 1. The average molecular weight is 322 g/mol. The number of carboxylic acid groups (broad SMARTS) is 1. The Morgan fingerprint density at radius 1 is 1.48 bits per heavy atom. The topological polar surface area (TPSA) is 53.4 Å². The van der Waals surface area contributed by atoms with Crippen LogP contribution in [0.2, 0.25) is 0 Å². The van der Waals surface area contributed by atoms with Crippen LogP contribution in [-0.2, 0) is 4.79 Å². The minimum atomic E-state index is -4.75. The van der Waals surface area contributed by atoms with Crippen LogP contribution in [0.3, 0.4) is 0 Å². The van der Waals surface area contributed by atoms with E-state index in [0.717, 1.165) is 15.6 Å². The van der Waals surface area contributed by atoms with Crippen molar-refractivity contribution in [2.75, 3.05) is 13.1 Å². The first-order valence-electron chi connectivity index (χ1n) is 6.56. The van der Waals surface area contributed by atoms with Crippen LogP contribution in [0.15, 0.2) is 0 Å². The van der Waals surface area contributed by atoms with Crippen molar-refractivity contribution in [3.63, 3.8) is 0 Å². The van der Waals surface area contributed by atoms with Crippen molar-refractivity contribution in [3.05, 3.63) is 15.6 Å². The Labute approximate surface area is 124 Å². The second kappa shape index (κ2) is 5.24. The fourth-order valence-electron chi connectivity index (χ4n) is 2.80. The van der Waals surface area contributed by atoms with Gasteiger partial charge in [-0.3, -0.25) is 9.69 Å². The van der Waals surface area contributed by atoms with Crippen molar-refractivity contribution < 1.29 is 23.1 Å². The summed E-state index contributed by atoms with van der Waals surface area (Å²) in [6.07, 6.45) is -5.17. The summed E-state index contributed by atoms with van der Waals surface area (Å²) in [4.78, 5) is 18.1. The summed E-state index contributed by atoms with van der Waals surface area (Å²) in [5.74, 6) is -1.80. The maximum Gasteiger partial charge on any atom is 0.406 e. The summed E-state index contributed by atoms with van der Waals surface area (Å²) < 4.78 is 39.5. The van der Waals surface area contributed by atoms with Gasteiger partial charge >= 0.3 is 12.1 Å². The third-order valence-electron chi connectivity index (χ3n) is 4.13. The number of carbonyl (C=O) groups is 1. The molecule has 0 spiro atoms. The first kappa shape index (κ1) is 16.2. The number of hydrogen-bond donors (Lipinski definition) is 1. The van der Waals surface area contributed by atoms with Gasteiger partial charge in [0, 0.05) is 18.0 Å². The molecule has 2 heterocycles. The zero-order valence-corrected chi connectivity index (χ0v) is 12.8. The average Bonchev–Trinajstić information content (AvgIpc) is 2.92. The Morgan fingerprint density at radius 3 is 2.48 bits per heavy atom. The van der Waals surface area contributed by atoms with E-state index in [1.165, 1.54) is 11.3 Å². The highest BCUT2D eigenvalue weighted by atomic mass is 32.1. The Morgan fingerprint density at radius 2 is 2.10 bits per heavy atom. The maximum absolute atomic E-state index is 13.2. The van der Waals surface area contributed by atoms with Gasteiger partial charge in [0.1, 0.15) is 0 Å². The molecule has 0 radical (unpaired) electrons. The zero-order valence-electron chi connectivity index (χ0n) is 12.0. The van der Waals surface area contributed by atoms with E-state index in [1.54, 1.807) is 11.8 Å². The molecule has 0 aliphatic carbocycles. The van der Waals surface area contributed by atoms with Crippen molar-refractivity contribution in [2.24, 2.45) is 5.41 Å². The first-order chi connectivity index (χ1) is 9.58. The van der Waals surface area contributed by atoms with Crippen molar-refractivity contribution in [2.45, 2.75) is 39.4 Å². The van der Waals surface area contributed by atoms with Gasteiger partial charge in [-0.25, -0.2) is 4.98 Å². The number of rotatable bonds is 3. The molecule has 1 aromatic rings. The lowest BCUT2D eigenvalue weighted by atomic mass is 9.86. The van der Waals surface area contributed by atoms with Crippen LogP contribution in [0.4, 0.5) is 13.2 Å². The molecular formula is C13H17F3N2O2S. The van der Waals surface area contributed by atoms with E-state index in [0.29, 0.717) is 0 Å². The van der Waals surface area contributed by atoms with E-state index in [4.69, 9.17) is 5.11 Å². The standard InChI is InChI=1S/C13H17F3N2O2S/c1-7(10-8(2)21-9(3)17-10)18-5-4-12(6-18,11(19)20)13(14,15)16/h7H,4-6H2,1-3H3,(H,19,20). The lowest BCUT2D eigenvalue weighted by Crippen LogP contribution is -2.47. The molecule has 1 N–H and O–H groups in total. The number of hydrogen-bond acceptors (Lipinski definition) is 4. The molecule has 1 aliphatic heterocycles. The van der Waals surface area contributed by atoms with E-state index < -0.39 is 30.5 Å². The molecule has 2 unspecified atom stereocenters. The lowest BCUT2D eigenvalue weighted by Gasteiger charge is -2.29. The second-order valence-electron chi connectivity index (χ2n) is 5.46. The van der Waals surface area contributed by atoms with Crippen molar-refractivity contribution in [1.29, 1.82) is 0 Å². The monoisotopic (exact) mass is 322 g/mol. The smallest absolute Gasteiger partial charge is 0.406 e. The summed E-state index contributed by atoms with van der Waals surface area (Å²) >= 11 is 1.49. The number of likely N-dealkylation sites (tertiary alicyclic amines) is 1. The van der Waals surface area contributed by atoms with E-state index in [1.807, 2.05) is 13.8 Å². The fraction of sp³-hybridized carbons (Fsp3) is 0.692. The minimum absolute atomic E-state index is 0.100. The molecule has 1 aliphatic rings. The molecule has 1 saturated heterocycles. The van der Waals surface area contributed by atoms with Gasteiger partial charge in [-0.05, 0) is 27.2 Å².